The van der Waals surface area contributed by atoms with Crippen molar-refractivity contribution in [3.05, 3.63) is 34.7 Å². The van der Waals surface area contributed by atoms with Gasteiger partial charge < -0.3 is 9.47 Å². The van der Waals surface area contributed by atoms with Crippen molar-refractivity contribution < 1.29 is 23.9 Å². The normalized spacial score (nSPS) is 16.2. The summed E-state index contributed by atoms with van der Waals surface area (Å²) < 4.78 is 10.1. The van der Waals surface area contributed by atoms with Crippen LogP contribution in [0.1, 0.15) is 26.3 Å². The van der Waals surface area contributed by atoms with Crippen LogP contribution in [0.2, 0.25) is 0 Å². The van der Waals surface area contributed by atoms with E-state index in [0.29, 0.717) is 17.3 Å². The molecule has 6 nitrogen and oxygen atoms in total. The van der Waals surface area contributed by atoms with E-state index in [1.807, 2.05) is 0 Å². The molecule has 1 heterocycles. The van der Waals surface area contributed by atoms with E-state index in [1.54, 1.807) is 51.1 Å². The number of carbonyl (C=O) groups is 3. The maximum absolute atomic E-state index is 12.2. The van der Waals surface area contributed by atoms with Crippen LogP contribution < -0.4 is 4.74 Å². The SMILES string of the molecule is CCOC(=O)COc1ccc(C=C2SC(=O)N(C(C)C)C2=O)cc1. The van der Waals surface area contributed by atoms with Gasteiger partial charge in [0.15, 0.2) is 6.61 Å². The second-order valence-electron chi connectivity index (χ2n) is 5.31. The average Bonchev–Trinajstić information content (AvgIpc) is 2.81. The molecule has 0 spiro atoms. The van der Waals surface area contributed by atoms with Gasteiger partial charge in [-0.2, -0.15) is 0 Å². The highest BCUT2D eigenvalue weighted by molar-refractivity contribution is 8.18. The number of benzene rings is 1. The number of ether oxygens (including phenoxy) is 2. The first-order valence-electron chi connectivity index (χ1n) is 7.58. The maximum Gasteiger partial charge on any atom is 0.344 e. The molecule has 1 fully saturated rings. The van der Waals surface area contributed by atoms with Crippen LogP contribution in [0, 0.1) is 0 Å². The summed E-state index contributed by atoms with van der Waals surface area (Å²) in [5, 5.41) is -0.254. The van der Waals surface area contributed by atoms with Gasteiger partial charge in [-0.25, -0.2) is 4.79 Å². The molecule has 2 amide bonds. The predicted molar refractivity (Wildman–Crippen MR) is 91.5 cm³/mol. The smallest absolute Gasteiger partial charge is 0.344 e. The minimum absolute atomic E-state index is 0.152. The molecule has 0 atom stereocenters. The summed E-state index contributed by atoms with van der Waals surface area (Å²) in [5.41, 5.74) is 0.771. The summed E-state index contributed by atoms with van der Waals surface area (Å²) >= 11 is 0.935. The first-order chi connectivity index (χ1) is 11.4. The zero-order chi connectivity index (χ0) is 17.7. The fraction of sp³-hybridized carbons (Fsp3) is 0.353. The molecule has 7 heteroatoms. The van der Waals surface area contributed by atoms with Gasteiger partial charge in [0, 0.05) is 6.04 Å². The molecule has 1 aliphatic rings. The summed E-state index contributed by atoms with van der Waals surface area (Å²) in [5.74, 6) is -0.179. The number of imide groups is 1. The Labute approximate surface area is 144 Å². The van der Waals surface area contributed by atoms with Crippen LogP contribution in [0.25, 0.3) is 6.08 Å². The largest absolute Gasteiger partial charge is 0.482 e. The molecule has 0 radical (unpaired) electrons. The molecular weight excluding hydrogens is 330 g/mol. The van der Waals surface area contributed by atoms with Crippen LogP contribution >= 0.6 is 11.8 Å². The molecule has 0 bridgehead atoms. The lowest BCUT2D eigenvalue weighted by Crippen LogP contribution is -2.34. The maximum atomic E-state index is 12.2. The van der Waals surface area contributed by atoms with Crippen molar-refractivity contribution in [2.75, 3.05) is 13.2 Å². The lowest BCUT2D eigenvalue weighted by molar-refractivity contribution is -0.145. The molecule has 0 unspecified atom stereocenters. The van der Waals surface area contributed by atoms with Crippen LogP contribution in [-0.2, 0) is 14.3 Å². The Morgan fingerprint density at radius 3 is 2.46 bits per heavy atom. The standard InChI is InChI=1S/C17H19NO5S/c1-4-22-15(19)10-23-13-7-5-12(6-8-13)9-14-16(20)18(11(2)3)17(21)24-14/h5-9,11H,4,10H2,1-3H3. The van der Waals surface area contributed by atoms with Crippen molar-refractivity contribution >= 4 is 35.0 Å². The Bertz CT molecular complexity index is 666. The van der Waals surface area contributed by atoms with Crippen LogP contribution in [0.5, 0.6) is 5.75 Å². The summed E-state index contributed by atoms with van der Waals surface area (Å²) in [7, 11) is 0. The van der Waals surface area contributed by atoms with E-state index in [4.69, 9.17) is 9.47 Å². The number of rotatable bonds is 6. The van der Waals surface area contributed by atoms with Crippen molar-refractivity contribution in [1.82, 2.24) is 4.90 Å². The number of thioether (sulfide) groups is 1. The predicted octanol–water partition coefficient (Wildman–Crippen LogP) is 3.07. The zero-order valence-corrected chi connectivity index (χ0v) is 14.6. The number of hydrogen-bond acceptors (Lipinski definition) is 6. The number of hydrogen-bond donors (Lipinski definition) is 0. The molecule has 1 saturated heterocycles. The van der Waals surface area contributed by atoms with Gasteiger partial charge in [-0.15, -0.1) is 0 Å². The van der Waals surface area contributed by atoms with Gasteiger partial charge in [0.2, 0.25) is 0 Å². The number of nitrogens with zero attached hydrogens (tertiary/aromatic N) is 1. The lowest BCUT2D eigenvalue weighted by atomic mass is 10.2. The van der Waals surface area contributed by atoms with Gasteiger partial charge in [-0.3, -0.25) is 14.5 Å². The van der Waals surface area contributed by atoms with Gasteiger partial charge in [-0.1, -0.05) is 12.1 Å². The highest BCUT2D eigenvalue weighted by Crippen LogP contribution is 2.33. The van der Waals surface area contributed by atoms with Crippen LogP contribution in [0.15, 0.2) is 29.2 Å². The van der Waals surface area contributed by atoms with Gasteiger partial charge >= 0.3 is 5.97 Å². The number of amides is 2. The molecule has 1 aliphatic heterocycles. The van der Waals surface area contributed by atoms with Gasteiger partial charge in [0.1, 0.15) is 5.75 Å². The minimum Gasteiger partial charge on any atom is -0.482 e. The minimum atomic E-state index is -0.427. The zero-order valence-electron chi connectivity index (χ0n) is 13.8. The summed E-state index contributed by atoms with van der Waals surface area (Å²) in [6, 6.07) is 6.73. The Balaban J connectivity index is 2.02. The molecule has 0 aliphatic carbocycles. The highest BCUT2D eigenvalue weighted by atomic mass is 32.2. The molecule has 0 aromatic heterocycles. The summed E-state index contributed by atoms with van der Waals surface area (Å²) in [6.07, 6.45) is 1.67. The van der Waals surface area contributed by atoms with Gasteiger partial charge in [0.05, 0.1) is 11.5 Å². The van der Waals surface area contributed by atoms with E-state index >= 15 is 0 Å². The molecule has 2 rings (SSSR count). The Morgan fingerprint density at radius 1 is 1.25 bits per heavy atom. The Kier molecular flexibility index (Phi) is 6.03. The van der Waals surface area contributed by atoms with Crippen molar-refractivity contribution in [1.29, 1.82) is 0 Å². The van der Waals surface area contributed by atoms with Crippen molar-refractivity contribution in [3.8, 4) is 5.75 Å². The highest BCUT2D eigenvalue weighted by Gasteiger charge is 2.36. The third kappa shape index (κ3) is 4.38. The van der Waals surface area contributed by atoms with E-state index in [1.165, 1.54) is 4.90 Å². The van der Waals surface area contributed by atoms with Crippen molar-refractivity contribution in [3.63, 3.8) is 0 Å². The molecular formula is C17H19NO5S. The second-order valence-corrected chi connectivity index (χ2v) is 6.30. The third-order valence-corrected chi connectivity index (χ3v) is 4.06. The van der Waals surface area contributed by atoms with Crippen LogP contribution in [0.3, 0.4) is 0 Å². The van der Waals surface area contributed by atoms with E-state index < -0.39 is 5.97 Å². The fourth-order valence-electron chi connectivity index (χ4n) is 2.08. The van der Waals surface area contributed by atoms with Crippen molar-refractivity contribution in [2.24, 2.45) is 0 Å². The van der Waals surface area contributed by atoms with Gasteiger partial charge in [-0.05, 0) is 56.3 Å². The molecule has 0 saturated carbocycles. The van der Waals surface area contributed by atoms with E-state index in [0.717, 1.165) is 17.3 Å². The first-order valence-corrected chi connectivity index (χ1v) is 8.39. The van der Waals surface area contributed by atoms with E-state index in [9.17, 15) is 14.4 Å². The first kappa shape index (κ1) is 18.1. The summed E-state index contributed by atoms with van der Waals surface area (Å²) in [4.78, 5) is 36.9. The lowest BCUT2D eigenvalue weighted by Gasteiger charge is -2.16. The van der Waals surface area contributed by atoms with E-state index in [2.05, 4.69) is 0 Å². The second kappa shape index (κ2) is 8.01. The van der Waals surface area contributed by atoms with Gasteiger partial charge in [0.25, 0.3) is 11.1 Å². The number of esters is 1. The Morgan fingerprint density at radius 2 is 1.92 bits per heavy atom. The van der Waals surface area contributed by atoms with Crippen molar-refractivity contribution in [2.45, 2.75) is 26.8 Å². The Hall–Kier alpha value is -2.28. The third-order valence-electron chi connectivity index (χ3n) is 3.18. The fourth-order valence-corrected chi connectivity index (χ4v) is 3.04. The quantitative estimate of drug-likeness (QED) is 0.580. The van der Waals surface area contributed by atoms with E-state index in [-0.39, 0.29) is 23.8 Å². The topological polar surface area (TPSA) is 72.9 Å². The van der Waals surface area contributed by atoms with Crippen LogP contribution in [-0.4, -0.2) is 41.3 Å². The average molecular weight is 349 g/mol. The molecule has 0 N–H and O–H groups in total. The molecule has 1 aromatic carbocycles. The number of carbonyl (C=O) groups excluding carboxylic acids is 3. The summed E-state index contributed by atoms with van der Waals surface area (Å²) in [6.45, 7) is 5.49. The molecule has 24 heavy (non-hydrogen) atoms. The molecule has 1 aromatic rings. The van der Waals surface area contributed by atoms with Crippen LogP contribution in [0.4, 0.5) is 4.79 Å². The molecule has 128 valence electrons. The monoisotopic (exact) mass is 349 g/mol.